The standard InChI is InChI=1S/C14H27N3S/c1-10(2)9-17(7)13-16-11(3)12(18-13)8-15-14(4,5)6/h10,15H,8-9H2,1-7H3. The first-order valence-corrected chi connectivity index (χ1v) is 7.43. The summed E-state index contributed by atoms with van der Waals surface area (Å²) in [7, 11) is 2.12. The van der Waals surface area contributed by atoms with Crippen LogP contribution < -0.4 is 10.2 Å². The number of nitrogens with zero attached hydrogens (tertiary/aromatic N) is 2. The van der Waals surface area contributed by atoms with Crippen molar-refractivity contribution >= 4 is 16.5 Å². The molecular formula is C14H27N3S. The van der Waals surface area contributed by atoms with Crippen LogP contribution in [-0.2, 0) is 6.54 Å². The molecule has 0 fully saturated rings. The Bertz CT molecular complexity index is 377. The van der Waals surface area contributed by atoms with Crippen molar-refractivity contribution in [3.63, 3.8) is 0 Å². The van der Waals surface area contributed by atoms with Crippen molar-refractivity contribution in [1.82, 2.24) is 10.3 Å². The van der Waals surface area contributed by atoms with Crippen molar-refractivity contribution in [3.8, 4) is 0 Å². The Morgan fingerprint density at radius 3 is 2.44 bits per heavy atom. The van der Waals surface area contributed by atoms with E-state index < -0.39 is 0 Å². The van der Waals surface area contributed by atoms with E-state index in [4.69, 9.17) is 0 Å². The van der Waals surface area contributed by atoms with Crippen LogP contribution in [0.2, 0.25) is 0 Å². The van der Waals surface area contributed by atoms with Crippen molar-refractivity contribution in [2.24, 2.45) is 5.92 Å². The summed E-state index contributed by atoms with van der Waals surface area (Å²) in [5.41, 5.74) is 1.31. The summed E-state index contributed by atoms with van der Waals surface area (Å²) in [6, 6.07) is 0. The molecule has 0 bridgehead atoms. The monoisotopic (exact) mass is 269 g/mol. The molecule has 0 aliphatic rings. The molecule has 18 heavy (non-hydrogen) atoms. The zero-order chi connectivity index (χ0) is 13.9. The van der Waals surface area contributed by atoms with Gasteiger partial charge in [0.05, 0.1) is 5.69 Å². The van der Waals surface area contributed by atoms with Gasteiger partial charge in [-0.15, -0.1) is 11.3 Å². The second kappa shape index (κ2) is 6.02. The first-order chi connectivity index (χ1) is 8.19. The zero-order valence-electron chi connectivity index (χ0n) is 12.8. The Morgan fingerprint density at radius 2 is 1.94 bits per heavy atom. The maximum atomic E-state index is 4.67. The minimum absolute atomic E-state index is 0.153. The Morgan fingerprint density at radius 1 is 1.33 bits per heavy atom. The highest BCUT2D eigenvalue weighted by atomic mass is 32.1. The van der Waals surface area contributed by atoms with Crippen LogP contribution in [0.4, 0.5) is 5.13 Å². The smallest absolute Gasteiger partial charge is 0.185 e. The van der Waals surface area contributed by atoms with Crippen LogP contribution in [0.25, 0.3) is 0 Å². The molecule has 0 unspecified atom stereocenters. The molecule has 0 amide bonds. The summed E-state index contributed by atoms with van der Waals surface area (Å²) >= 11 is 1.80. The van der Waals surface area contributed by atoms with E-state index in [1.807, 2.05) is 0 Å². The van der Waals surface area contributed by atoms with Gasteiger partial charge in [0.15, 0.2) is 5.13 Å². The molecule has 3 nitrogen and oxygen atoms in total. The highest BCUT2D eigenvalue weighted by Gasteiger charge is 2.14. The number of rotatable bonds is 5. The van der Waals surface area contributed by atoms with E-state index in [2.05, 4.69) is 63.8 Å². The fourth-order valence-electron chi connectivity index (χ4n) is 1.71. The first kappa shape index (κ1) is 15.4. The molecule has 4 heteroatoms. The molecule has 1 aromatic rings. The molecule has 0 aliphatic heterocycles. The number of aromatic nitrogens is 1. The Labute approximate surface area is 116 Å². The van der Waals surface area contributed by atoms with Gasteiger partial charge in [-0.1, -0.05) is 13.8 Å². The maximum absolute atomic E-state index is 4.67. The average molecular weight is 269 g/mol. The molecule has 0 aromatic carbocycles. The number of thiazole rings is 1. The number of hydrogen-bond acceptors (Lipinski definition) is 4. The summed E-state index contributed by atoms with van der Waals surface area (Å²) in [5, 5.41) is 4.66. The molecule has 0 saturated heterocycles. The lowest BCUT2D eigenvalue weighted by Gasteiger charge is -2.20. The van der Waals surface area contributed by atoms with Crippen molar-refractivity contribution in [2.75, 3.05) is 18.5 Å². The normalized spacial score (nSPS) is 12.2. The molecule has 0 radical (unpaired) electrons. The number of aryl methyl sites for hydroxylation is 1. The SMILES string of the molecule is Cc1nc(N(C)CC(C)C)sc1CNC(C)(C)C. The third-order valence-electron chi connectivity index (χ3n) is 2.63. The number of hydrogen-bond donors (Lipinski definition) is 1. The van der Waals surface area contributed by atoms with Gasteiger partial charge in [-0.2, -0.15) is 0 Å². The van der Waals surface area contributed by atoms with Crippen LogP contribution in [0.3, 0.4) is 0 Å². The van der Waals surface area contributed by atoms with Crippen LogP contribution in [0.15, 0.2) is 0 Å². The largest absolute Gasteiger partial charge is 0.351 e. The van der Waals surface area contributed by atoms with Crippen LogP contribution in [0.5, 0.6) is 0 Å². The van der Waals surface area contributed by atoms with Gasteiger partial charge in [0, 0.05) is 30.6 Å². The summed E-state index contributed by atoms with van der Waals surface area (Å²) in [6.07, 6.45) is 0. The Balaban J connectivity index is 2.69. The molecular weight excluding hydrogens is 242 g/mol. The third kappa shape index (κ3) is 4.94. The molecule has 0 spiro atoms. The van der Waals surface area contributed by atoms with E-state index in [1.165, 1.54) is 4.88 Å². The quantitative estimate of drug-likeness (QED) is 0.887. The molecule has 1 aromatic heterocycles. The second-order valence-corrected chi connectivity index (χ2v) is 7.45. The Hall–Kier alpha value is -0.610. The van der Waals surface area contributed by atoms with Gasteiger partial charge in [-0.05, 0) is 33.6 Å². The molecule has 1 rings (SSSR count). The molecule has 1 heterocycles. The fourth-order valence-corrected chi connectivity index (χ4v) is 2.68. The van der Waals surface area contributed by atoms with Crippen molar-refractivity contribution < 1.29 is 0 Å². The lowest BCUT2D eigenvalue weighted by Crippen LogP contribution is -2.34. The van der Waals surface area contributed by atoms with Gasteiger partial charge >= 0.3 is 0 Å². The minimum atomic E-state index is 0.153. The van der Waals surface area contributed by atoms with Crippen LogP contribution in [-0.4, -0.2) is 24.1 Å². The number of nitrogens with one attached hydrogen (secondary N) is 1. The summed E-state index contributed by atoms with van der Waals surface area (Å²) in [5.74, 6) is 0.662. The lowest BCUT2D eigenvalue weighted by atomic mass is 10.1. The zero-order valence-corrected chi connectivity index (χ0v) is 13.6. The van der Waals surface area contributed by atoms with Gasteiger partial charge in [-0.3, -0.25) is 0 Å². The van der Waals surface area contributed by atoms with Gasteiger partial charge in [0.25, 0.3) is 0 Å². The van der Waals surface area contributed by atoms with Crippen LogP contribution in [0, 0.1) is 12.8 Å². The van der Waals surface area contributed by atoms with Gasteiger partial charge < -0.3 is 10.2 Å². The summed E-state index contributed by atoms with van der Waals surface area (Å²) in [4.78, 5) is 8.26. The second-order valence-electron chi connectivity index (χ2n) is 6.38. The third-order valence-corrected chi connectivity index (χ3v) is 3.90. The van der Waals surface area contributed by atoms with Gasteiger partial charge in [0.1, 0.15) is 0 Å². The molecule has 0 aliphatic carbocycles. The minimum Gasteiger partial charge on any atom is -0.351 e. The molecule has 1 N–H and O–H groups in total. The van der Waals surface area contributed by atoms with E-state index in [0.29, 0.717) is 5.92 Å². The summed E-state index contributed by atoms with van der Waals surface area (Å²) < 4.78 is 0. The Kier molecular flexibility index (Phi) is 5.17. The predicted molar refractivity (Wildman–Crippen MR) is 81.6 cm³/mol. The van der Waals surface area contributed by atoms with E-state index in [1.54, 1.807) is 11.3 Å². The maximum Gasteiger partial charge on any atom is 0.185 e. The predicted octanol–water partition coefficient (Wildman–Crippen LogP) is 3.43. The van der Waals surface area contributed by atoms with Crippen LogP contribution >= 0.6 is 11.3 Å². The molecule has 0 saturated carbocycles. The first-order valence-electron chi connectivity index (χ1n) is 6.61. The van der Waals surface area contributed by atoms with Crippen molar-refractivity contribution in [3.05, 3.63) is 10.6 Å². The topological polar surface area (TPSA) is 28.2 Å². The average Bonchev–Trinajstić information content (AvgIpc) is 2.55. The van der Waals surface area contributed by atoms with Crippen molar-refractivity contribution in [2.45, 2.75) is 53.6 Å². The lowest BCUT2D eigenvalue weighted by molar-refractivity contribution is 0.425. The molecule has 104 valence electrons. The van der Waals surface area contributed by atoms with Crippen LogP contribution in [0.1, 0.15) is 45.2 Å². The van der Waals surface area contributed by atoms with E-state index in [9.17, 15) is 0 Å². The molecule has 0 atom stereocenters. The highest BCUT2D eigenvalue weighted by Crippen LogP contribution is 2.26. The van der Waals surface area contributed by atoms with E-state index in [0.717, 1.165) is 23.9 Å². The van der Waals surface area contributed by atoms with Gasteiger partial charge in [0.2, 0.25) is 0 Å². The highest BCUT2D eigenvalue weighted by molar-refractivity contribution is 7.15. The van der Waals surface area contributed by atoms with Crippen molar-refractivity contribution in [1.29, 1.82) is 0 Å². The van der Waals surface area contributed by atoms with E-state index in [-0.39, 0.29) is 5.54 Å². The fraction of sp³-hybridized carbons (Fsp3) is 0.786. The summed E-state index contributed by atoms with van der Waals surface area (Å²) in [6.45, 7) is 15.1. The number of anilines is 1. The van der Waals surface area contributed by atoms with Gasteiger partial charge in [-0.25, -0.2) is 4.98 Å². The van der Waals surface area contributed by atoms with E-state index >= 15 is 0 Å².